The molecule has 172 valence electrons. The third-order valence-electron chi connectivity index (χ3n) is 6.42. The van der Waals surface area contributed by atoms with Crippen LogP contribution >= 0.6 is 0 Å². The molecule has 7 nitrogen and oxygen atoms in total. The third-order valence-corrected chi connectivity index (χ3v) is 7.94. The molecular weight excluding hydrogens is 436 g/mol. The van der Waals surface area contributed by atoms with Crippen LogP contribution in [0, 0.1) is 6.92 Å². The zero-order chi connectivity index (χ0) is 23.0. The Labute approximate surface area is 194 Å². The molecule has 1 aromatic heterocycles. The number of carbonyl (C=O) groups is 1. The largest absolute Gasteiger partial charge is 0.336 e. The molecular formula is C25H28N4O3S. The van der Waals surface area contributed by atoms with Crippen molar-refractivity contribution in [2.24, 2.45) is 0 Å². The highest BCUT2D eigenvalue weighted by molar-refractivity contribution is 7.89. The van der Waals surface area contributed by atoms with Gasteiger partial charge in [0.05, 0.1) is 10.4 Å². The van der Waals surface area contributed by atoms with Crippen molar-refractivity contribution in [3.8, 4) is 0 Å². The fraction of sp³-hybridized carbons (Fsp3) is 0.360. The Balaban J connectivity index is 1.26. The number of nitrogens with one attached hydrogen (secondary N) is 1. The third kappa shape index (κ3) is 4.78. The van der Waals surface area contributed by atoms with Crippen molar-refractivity contribution in [1.29, 1.82) is 0 Å². The number of hydrogen-bond donors (Lipinski definition) is 1. The standard InChI is InChI=1S/C25H28N4O3S/c1-18-7-10-22(33(31,32)27-21-8-9-21)16-23(18)25(30)29-14-12-28(13-15-29)17-20-5-2-4-19-6-3-11-26-24(19)20/h2-7,10-11,16,21,27H,8-9,12-15,17H2,1H3. The summed E-state index contributed by atoms with van der Waals surface area (Å²) < 4.78 is 27.9. The summed E-state index contributed by atoms with van der Waals surface area (Å²) in [6.45, 7) is 5.36. The minimum atomic E-state index is -3.60. The van der Waals surface area contributed by atoms with E-state index in [0.29, 0.717) is 18.7 Å². The predicted octanol–water partition coefficient (Wildman–Crippen LogP) is 2.94. The van der Waals surface area contributed by atoms with E-state index in [1.54, 1.807) is 12.1 Å². The SMILES string of the molecule is Cc1ccc(S(=O)(=O)NC2CC2)cc1C(=O)N1CCN(Cc2cccc3cccnc23)CC1. The molecule has 0 atom stereocenters. The molecule has 0 bridgehead atoms. The second-order valence-corrected chi connectivity index (χ2v) is 10.6. The Hall–Kier alpha value is -2.81. The zero-order valence-electron chi connectivity index (χ0n) is 18.7. The number of fused-ring (bicyclic) bond motifs is 1. The molecule has 5 rings (SSSR count). The molecule has 0 radical (unpaired) electrons. The Morgan fingerprint density at radius 2 is 1.82 bits per heavy atom. The van der Waals surface area contributed by atoms with E-state index in [4.69, 9.17) is 0 Å². The van der Waals surface area contributed by atoms with Crippen LogP contribution in [0.1, 0.15) is 34.3 Å². The van der Waals surface area contributed by atoms with E-state index in [0.717, 1.165) is 48.9 Å². The topological polar surface area (TPSA) is 82.6 Å². The average Bonchev–Trinajstić information content (AvgIpc) is 3.63. The maximum atomic E-state index is 13.3. The van der Waals surface area contributed by atoms with E-state index in [-0.39, 0.29) is 16.8 Å². The van der Waals surface area contributed by atoms with Gasteiger partial charge in [0.15, 0.2) is 0 Å². The lowest BCUT2D eigenvalue weighted by Gasteiger charge is -2.35. The Morgan fingerprint density at radius 1 is 1.06 bits per heavy atom. The number of aryl methyl sites for hydroxylation is 1. The smallest absolute Gasteiger partial charge is 0.254 e. The molecule has 1 aliphatic heterocycles. The number of para-hydroxylation sites is 1. The first-order valence-corrected chi connectivity index (χ1v) is 12.9. The van der Waals surface area contributed by atoms with Gasteiger partial charge in [-0.05, 0) is 49.1 Å². The van der Waals surface area contributed by atoms with E-state index in [1.165, 1.54) is 11.6 Å². The number of nitrogens with zero attached hydrogens (tertiary/aromatic N) is 3. The number of benzene rings is 2. The average molecular weight is 465 g/mol. The molecule has 0 spiro atoms. The molecule has 0 unspecified atom stereocenters. The number of pyridine rings is 1. The summed E-state index contributed by atoms with van der Waals surface area (Å²) in [6, 6.07) is 15.1. The van der Waals surface area contributed by atoms with Crippen LogP contribution in [0.15, 0.2) is 59.6 Å². The Bertz CT molecular complexity index is 1290. The summed E-state index contributed by atoms with van der Waals surface area (Å²) in [5, 5.41) is 1.13. The summed E-state index contributed by atoms with van der Waals surface area (Å²) in [7, 11) is -3.60. The summed E-state index contributed by atoms with van der Waals surface area (Å²) in [5.74, 6) is -0.109. The maximum Gasteiger partial charge on any atom is 0.254 e. The minimum Gasteiger partial charge on any atom is -0.336 e. The van der Waals surface area contributed by atoms with E-state index in [1.807, 2.05) is 24.1 Å². The quantitative estimate of drug-likeness (QED) is 0.607. The highest BCUT2D eigenvalue weighted by Gasteiger charge is 2.29. The zero-order valence-corrected chi connectivity index (χ0v) is 19.5. The van der Waals surface area contributed by atoms with Crippen LogP contribution in [0.2, 0.25) is 0 Å². The van der Waals surface area contributed by atoms with Gasteiger partial charge in [-0.3, -0.25) is 14.7 Å². The second kappa shape index (κ2) is 8.85. The van der Waals surface area contributed by atoms with Crippen molar-refractivity contribution in [2.45, 2.75) is 37.2 Å². The highest BCUT2D eigenvalue weighted by atomic mass is 32.2. The molecule has 1 amide bonds. The number of amides is 1. The van der Waals surface area contributed by atoms with Crippen LogP contribution in [0.3, 0.4) is 0 Å². The molecule has 2 aliphatic rings. The minimum absolute atomic E-state index is 0.0282. The molecule has 2 heterocycles. The van der Waals surface area contributed by atoms with Crippen molar-refractivity contribution < 1.29 is 13.2 Å². The van der Waals surface area contributed by atoms with E-state index >= 15 is 0 Å². The van der Waals surface area contributed by atoms with Gasteiger partial charge < -0.3 is 4.90 Å². The number of piperazine rings is 1. The van der Waals surface area contributed by atoms with Gasteiger partial charge in [-0.25, -0.2) is 13.1 Å². The summed E-state index contributed by atoms with van der Waals surface area (Å²) in [6.07, 6.45) is 3.56. The van der Waals surface area contributed by atoms with E-state index in [2.05, 4.69) is 38.9 Å². The lowest BCUT2D eigenvalue weighted by molar-refractivity contribution is 0.0628. The van der Waals surface area contributed by atoms with Gasteiger partial charge in [-0.1, -0.05) is 30.3 Å². The molecule has 8 heteroatoms. The number of carbonyl (C=O) groups excluding carboxylic acids is 1. The van der Waals surface area contributed by atoms with Crippen LogP contribution < -0.4 is 4.72 Å². The van der Waals surface area contributed by atoms with Crippen LogP contribution in [-0.2, 0) is 16.6 Å². The fourth-order valence-corrected chi connectivity index (χ4v) is 5.63. The first kappa shape index (κ1) is 22.0. The summed E-state index contributed by atoms with van der Waals surface area (Å²) in [5.41, 5.74) is 3.45. The van der Waals surface area contributed by atoms with Crippen LogP contribution in [0.5, 0.6) is 0 Å². The van der Waals surface area contributed by atoms with Gasteiger partial charge in [-0.15, -0.1) is 0 Å². The van der Waals surface area contributed by atoms with Crippen molar-refractivity contribution in [1.82, 2.24) is 19.5 Å². The number of rotatable bonds is 6. The Kier molecular flexibility index (Phi) is 5.90. The monoisotopic (exact) mass is 464 g/mol. The lowest BCUT2D eigenvalue weighted by Crippen LogP contribution is -2.48. The molecule has 1 N–H and O–H groups in total. The van der Waals surface area contributed by atoms with Crippen LogP contribution in [0.25, 0.3) is 10.9 Å². The highest BCUT2D eigenvalue weighted by Crippen LogP contribution is 2.24. The normalized spacial score (nSPS) is 17.4. The lowest BCUT2D eigenvalue weighted by atomic mass is 10.1. The summed E-state index contributed by atoms with van der Waals surface area (Å²) >= 11 is 0. The molecule has 33 heavy (non-hydrogen) atoms. The van der Waals surface area contributed by atoms with Crippen LogP contribution in [0.4, 0.5) is 0 Å². The van der Waals surface area contributed by atoms with Crippen molar-refractivity contribution in [3.05, 3.63) is 71.4 Å². The fourth-order valence-electron chi connectivity index (χ4n) is 4.30. The van der Waals surface area contributed by atoms with Crippen LogP contribution in [-0.4, -0.2) is 61.3 Å². The summed E-state index contributed by atoms with van der Waals surface area (Å²) in [4.78, 5) is 22.1. The van der Waals surface area contributed by atoms with Gasteiger partial charge in [0.1, 0.15) is 0 Å². The first-order chi connectivity index (χ1) is 15.9. The van der Waals surface area contributed by atoms with Gasteiger partial charge in [0.25, 0.3) is 5.91 Å². The molecule has 2 fully saturated rings. The predicted molar refractivity (Wildman–Crippen MR) is 127 cm³/mol. The molecule has 1 aliphatic carbocycles. The molecule has 1 saturated carbocycles. The maximum absolute atomic E-state index is 13.3. The second-order valence-electron chi connectivity index (χ2n) is 8.93. The van der Waals surface area contributed by atoms with E-state index < -0.39 is 10.0 Å². The molecule has 3 aromatic rings. The number of sulfonamides is 1. The van der Waals surface area contributed by atoms with Crippen molar-refractivity contribution in [2.75, 3.05) is 26.2 Å². The first-order valence-electron chi connectivity index (χ1n) is 11.4. The van der Waals surface area contributed by atoms with Crippen molar-refractivity contribution in [3.63, 3.8) is 0 Å². The van der Waals surface area contributed by atoms with Gasteiger partial charge >= 0.3 is 0 Å². The van der Waals surface area contributed by atoms with Crippen molar-refractivity contribution >= 4 is 26.8 Å². The Morgan fingerprint density at radius 3 is 2.58 bits per heavy atom. The number of hydrogen-bond acceptors (Lipinski definition) is 5. The number of aromatic nitrogens is 1. The van der Waals surface area contributed by atoms with Gasteiger partial charge in [0.2, 0.25) is 10.0 Å². The van der Waals surface area contributed by atoms with Gasteiger partial charge in [0, 0.05) is 55.9 Å². The molecule has 2 aromatic carbocycles. The van der Waals surface area contributed by atoms with E-state index in [9.17, 15) is 13.2 Å². The van der Waals surface area contributed by atoms with Gasteiger partial charge in [-0.2, -0.15) is 0 Å². The molecule has 1 saturated heterocycles.